The van der Waals surface area contributed by atoms with Crippen LogP contribution in [0.4, 0.5) is 8.78 Å². The molecule has 1 unspecified atom stereocenters. The number of halogens is 2. The summed E-state index contributed by atoms with van der Waals surface area (Å²) in [6, 6.07) is 3.07. The largest absolute Gasteiger partial charge is 0.387 e. The number of benzene rings is 1. The number of aromatic nitrogens is 2. The molecule has 1 N–H and O–H groups in total. The molecule has 0 aliphatic carbocycles. The van der Waals surface area contributed by atoms with E-state index in [-0.39, 0.29) is 24.8 Å². The molecule has 1 aliphatic rings. The van der Waals surface area contributed by atoms with Gasteiger partial charge in [-0.1, -0.05) is 12.1 Å². The minimum Gasteiger partial charge on any atom is -0.387 e. The fourth-order valence-electron chi connectivity index (χ4n) is 2.57. The molecule has 3 rings (SSSR count). The number of nitrogens with zero attached hydrogens (tertiary/aromatic N) is 3. The van der Waals surface area contributed by atoms with Gasteiger partial charge in [-0.25, -0.2) is 8.78 Å². The van der Waals surface area contributed by atoms with Gasteiger partial charge in [0.05, 0.1) is 12.2 Å². The normalized spacial score (nSPS) is 17.0. The van der Waals surface area contributed by atoms with E-state index in [1.165, 1.54) is 0 Å². The maximum Gasteiger partial charge on any atom is 0.252 e. The third kappa shape index (κ3) is 3.95. The number of β-amino-alcohol motifs (C(OH)–C–C–N with tert-alkyl or cyclic N) is 1. The summed E-state index contributed by atoms with van der Waals surface area (Å²) in [6.07, 6.45) is -0.383. The van der Waals surface area contributed by atoms with Crippen molar-refractivity contribution in [2.75, 3.05) is 19.6 Å². The zero-order valence-corrected chi connectivity index (χ0v) is 13.3. The van der Waals surface area contributed by atoms with Crippen LogP contribution in [0.25, 0.3) is 0 Å². The molecule has 1 aromatic heterocycles. The van der Waals surface area contributed by atoms with E-state index in [2.05, 4.69) is 10.1 Å². The molecular weight excluding hydrogens is 320 g/mol. The van der Waals surface area contributed by atoms with Gasteiger partial charge in [0.1, 0.15) is 18.2 Å². The van der Waals surface area contributed by atoms with Crippen molar-refractivity contribution in [1.82, 2.24) is 15.0 Å². The summed E-state index contributed by atoms with van der Waals surface area (Å²) in [6.45, 7) is 3.60. The Morgan fingerprint density at radius 2 is 2.21 bits per heavy atom. The van der Waals surface area contributed by atoms with E-state index < -0.39 is 17.7 Å². The zero-order chi connectivity index (χ0) is 17.1. The van der Waals surface area contributed by atoms with E-state index in [1.807, 2.05) is 11.8 Å². The molecule has 0 radical (unpaired) electrons. The van der Waals surface area contributed by atoms with Crippen molar-refractivity contribution in [3.8, 4) is 0 Å². The fourth-order valence-corrected chi connectivity index (χ4v) is 2.57. The summed E-state index contributed by atoms with van der Waals surface area (Å²) in [4.78, 5) is 6.06. The van der Waals surface area contributed by atoms with E-state index >= 15 is 0 Å². The molecule has 2 heterocycles. The Kier molecular flexibility index (Phi) is 5.17. The Morgan fingerprint density at radius 1 is 1.42 bits per heavy atom. The number of aliphatic hydroxyl groups excluding tert-OH is 1. The fraction of sp³-hybridized carbons (Fsp3) is 0.500. The molecule has 0 saturated carbocycles. The highest BCUT2D eigenvalue weighted by atomic mass is 19.1. The third-order valence-corrected chi connectivity index (χ3v) is 3.94. The maximum atomic E-state index is 13.6. The van der Waals surface area contributed by atoms with E-state index in [0.29, 0.717) is 31.2 Å². The molecule has 1 saturated heterocycles. The van der Waals surface area contributed by atoms with Gasteiger partial charge in [-0.3, -0.25) is 4.90 Å². The average Bonchev–Trinajstić information content (AvgIpc) is 2.99. The van der Waals surface area contributed by atoms with E-state index in [9.17, 15) is 13.9 Å². The van der Waals surface area contributed by atoms with Crippen molar-refractivity contribution in [2.45, 2.75) is 32.2 Å². The monoisotopic (exact) mass is 339 g/mol. The highest BCUT2D eigenvalue weighted by Gasteiger charge is 2.30. The second-order valence-electron chi connectivity index (χ2n) is 5.79. The Morgan fingerprint density at radius 3 is 2.92 bits per heavy atom. The van der Waals surface area contributed by atoms with Crippen LogP contribution < -0.4 is 0 Å². The summed E-state index contributed by atoms with van der Waals surface area (Å²) in [5.41, 5.74) is -0.0303. The Balaban J connectivity index is 1.42. The zero-order valence-electron chi connectivity index (χ0n) is 13.3. The van der Waals surface area contributed by atoms with Crippen LogP contribution in [0.15, 0.2) is 22.7 Å². The van der Waals surface area contributed by atoms with Gasteiger partial charge in [-0.2, -0.15) is 4.98 Å². The van der Waals surface area contributed by atoms with Gasteiger partial charge in [-0.15, -0.1) is 0 Å². The Hall–Kier alpha value is -1.90. The first-order chi connectivity index (χ1) is 11.5. The van der Waals surface area contributed by atoms with Gasteiger partial charge in [0.15, 0.2) is 5.82 Å². The molecule has 1 atom stereocenters. The van der Waals surface area contributed by atoms with Crippen molar-refractivity contribution in [3.05, 3.63) is 47.1 Å². The van der Waals surface area contributed by atoms with Crippen molar-refractivity contribution >= 4 is 0 Å². The van der Waals surface area contributed by atoms with Crippen LogP contribution in [-0.4, -0.2) is 45.9 Å². The molecule has 130 valence electrons. The molecule has 2 aromatic rings. The lowest BCUT2D eigenvalue weighted by atomic mass is 10.1. The summed E-state index contributed by atoms with van der Waals surface area (Å²) in [5.74, 6) is -0.0992. The number of hydrogen-bond donors (Lipinski definition) is 1. The quantitative estimate of drug-likeness (QED) is 0.830. The lowest BCUT2D eigenvalue weighted by Gasteiger charge is -2.39. The maximum absolute atomic E-state index is 13.6. The van der Waals surface area contributed by atoms with Gasteiger partial charge in [0.2, 0.25) is 0 Å². The Labute approximate surface area is 138 Å². The predicted molar refractivity (Wildman–Crippen MR) is 80.0 cm³/mol. The van der Waals surface area contributed by atoms with Crippen LogP contribution >= 0.6 is 0 Å². The van der Waals surface area contributed by atoms with Crippen molar-refractivity contribution in [1.29, 1.82) is 0 Å². The topological polar surface area (TPSA) is 71.6 Å². The van der Waals surface area contributed by atoms with Crippen LogP contribution in [-0.2, 0) is 17.8 Å². The molecule has 0 amide bonds. The lowest BCUT2D eigenvalue weighted by Crippen LogP contribution is -2.53. The smallest absolute Gasteiger partial charge is 0.252 e. The number of ether oxygens (including phenoxy) is 1. The summed E-state index contributed by atoms with van der Waals surface area (Å²) < 4.78 is 37.4. The number of aryl methyl sites for hydroxylation is 1. The van der Waals surface area contributed by atoms with Crippen LogP contribution in [0.3, 0.4) is 0 Å². The van der Waals surface area contributed by atoms with Crippen molar-refractivity contribution < 1.29 is 23.1 Å². The number of hydrogen-bond acceptors (Lipinski definition) is 6. The van der Waals surface area contributed by atoms with E-state index in [1.54, 1.807) is 0 Å². The van der Waals surface area contributed by atoms with Gasteiger partial charge in [0, 0.05) is 31.6 Å². The summed E-state index contributed by atoms with van der Waals surface area (Å²) in [5, 5.41) is 13.8. The first-order valence-electron chi connectivity index (χ1n) is 7.83. The minimum absolute atomic E-state index is 0.00784. The van der Waals surface area contributed by atoms with Crippen molar-refractivity contribution in [3.63, 3.8) is 0 Å². The highest BCUT2D eigenvalue weighted by Crippen LogP contribution is 2.22. The average molecular weight is 339 g/mol. The van der Waals surface area contributed by atoms with Crippen LogP contribution in [0.1, 0.15) is 30.3 Å². The number of likely N-dealkylation sites (tertiary alicyclic amines) is 1. The molecule has 6 nitrogen and oxygen atoms in total. The molecule has 8 heteroatoms. The Bertz CT molecular complexity index is 689. The molecule has 1 aromatic carbocycles. The molecule has 24 heavy (non-hydrogen) atoms. The van der Waals surface area contributed by atoms with E-state index in [4.69, 9.17) is 9.26 Å². The van der Waals surface area contributed by atoms with Crippen molar-refractivity contribution in [2.24, 2.45) is 0 Å². The second-order valence-corrected chi connectivity index (χ2v) is 5.79. The first kappa shape index (κ1) is 16.9. The standard InChI is InChI=1S/C16H19F2N3O3/c1-2-15-19-16(24-20-15)9-23-11-6-21(7-11)8-14(22)12-5-10(17)3-4-13(12)18/h3-5,11,14,22H,2,6-9H2,1H3. The first-order valence-corrected chi connectivity index (χ1v) is 7.83. The highest BCUT2D eigenvalue weighted by molar-refractivity contribution is 5.21. The molecule has 0 spiro atoms. The molecule has 0 bridgehead atoms. The van der Waals surface area contributed by atoms with Crippen LogP contribution in [0, 0.1) is 11.6 Å². The molecule has 1 fully saturated rings. The number of rotatable bonds is 7. The minimum atomic E-state index is -1.08. The summed E-state index contributed by atoms with van der Waals surface area (Å²) >= 11 is 0. The van der Waals surface area contributed by atoms with Gasteiger partial charge < -0.3 is 14.4 Å². The predicted octanol–water partition coefficient (Wildman–Crippen LogP) is 1.84. The summed E-state index contributed by atoms with van der Waals surface area (Å²) in [7, 11) is 0. The SMILES string of the molecule is CCc1noc(COC2CN(CC(O)c3cc(F)ccc3F)C2)n1. The second kappa shape index (κ2) is 7.33. The third-order valence-electron chi connectivity index (χ3n) is 3.94. The van der Waals surface area contributed by atoms with Gasteiger partial charge >= 0.3 is 0 Å². The van der Waals surface area contributed by atoms with Crippen LogP contribution in [0.2, 0.25) is 0 Å². The van der Waals surface area contributed by atoms with Gasteiger partial charge in [-0.05, 0) is 18.2 Å². The van der Waals surface area contributed by atoms with Gasteiger partial charge in [0.25, 0.3) is 5.89 Å². The van der Waals surface area contributed by atoms with E-state index in [0.717, 1.165) is 18.2 Å². The van der Waals surface area contributed by atoms with Crippen LogP contribution in [0.5, 0.6) is 0 Å². The molecule has 1 aliphatic heterocycles. The number of aliphatic hydroxyl groups is 1. The molecular formula is C16H19F2N3O3. The lowest BCUT2D eigenvalue weighted by molar-refractivity contribution is -0.0801.